The van der Waals surface area contributed by atoms with Gasteiger partial charge in [-0.15, -0.1) is 0 Å². The zero-order valence-electron chi connectivity index (χ0n) is 21.5. The molecule has 0 saturated carbocycles. The van der Waals surface area contributed by atoms with Crippen LogP contribution in [0.4, 0.5) is 17.1 Å². The Hall–Kier alpha value is -4.21. The van der Waals surface area contributed by atoms with Crippen LogP contribution in [0.15, 0.2) is 72.8 Å². The fourth-order valence-electron chi connectivity index (χ4n) is 4.36. The van der Waals surface area contributed by atoms with E-state index >= 15 is 0 Å². The second-order valence-electron chi connectivity index (χ2n) is 8.99. The quantitative estimate of drug-likeness (QED) is 0.165. The summed E-state index contributed by atoms with van der Waals surface area (Å²) in [6, 6.07) is 19.7. The van der Waals surface area contributed by atoms with E-state index in [4.69, 9.17) is 16.3 Å². The van der Waals surface area contributed by atoms with Crippen molar-refractivity contribution in [3.8, 4) is 0 Å². The average molecular weight is 549 g/mol. The molecule has 10 heteroatoms. The monoisotopic (exact) mass is 548 g/mol. The molecule has 9 nitrogen and oxygen atoms in total. The third kappa shape index (κ3) is 7.43. The summed E-state index contributed by atoms with van der Waals surface area (Å²) >= 11 is 5.87. The maximum Gasteiger partial charge on any atom is 0.338 e. The number of rotatable bonds is 9. The number of nitro groups is 1. The maximum atomic E-state index is 12.9. The number of carbonyl (C=O) groups is 2. The van der Waals surface area contributed by atoms with Crippen LogP contribution in [-0.2, 0) is 16.1 Å². The molecule has 1 amide bonds. The number of nitro benzene ring substituents is 1. The molecule has 1 fully saturated rings. The Balaban J connectivity index is 1.50. The molecule has 202 valence electrons. The van der Waals surface area contributed by atoms with E-state index in [9.17, 15) is 19.7 Å². The van der Waals surface area contributed by atoms with Crippen LogP contribution in [0.1, 0.15) is 28.4 Å². The zero-order valence-corrected chi connectivity index (χ0v) is 22.3. The minimum atomic E-state index is -0.577. The van der Waals surface area contributed by atoms with Crippen molar-refractivity contribution in [2.24, 2.45) is 0 Å². The van der Waals surface area contributed by atoms with Crippen molar-refractivity contribution in [3.63, 3.8) is 0 Å². The SMILES string of the molecule is CCOC(=O)c1ccc(N2CCN(Cc3ccccc3)CC2)c(NC(=O)C=Cc2ccc(Cl)c([N+](=O)[O-])c2)c1. The zero-order chi connectivity index (χ0) is 27.8. The number of esters is 1. The predicted molar refractivity (Wildman–Crippen MR) is 152 cm³/mol. The lowest BCUT2D eigenvalue weighted by molar-refractivity contribution is -0.384. The van der Waals surface area contributed by atoms with Gasteiger partial charge in [0.25, 0.3) is 5.69 Å². The van der Waals surface area contributed by atoms with E-state index in [-0.39, 0.29) is 17.3 Å². The summed E-state index contributed by atoms with van der Waals surface area (Å²) in [6.45, 7) is 6.02. The van der Waals surface area contributed by atoms with E-state index in [0.29, 0.717) is 16.8 Å². The van der Waals surface area contributed by atoms with Crippen LogP contribution < -0.4 is 10.2 Å². The molecule has 3 aromatic rings. The number of anilines is 2. The number of nitrogens with zero attached hydrogens (tertiary/aromatic N) is 3. The summed E-state index contributed by atoms with van der Waals surface area (Å²) < 4.78 is 5.14. The second-order valence-corrected chi connectivity index (χ2v) is 9.40. The first kappa shape index (κ1) is 27.8. The molecule has 1 aliphatic rings. The second kappa shape index (κ2) is 13.0. The van der Waals surface area contributed by atoms with Crippen LogP contribution in [-0.4, -0.2) is 54.5 Å². The van der Waals surface area contributed by atoms with Gasteiger partial charge >= 0.3 is 5.97 Å². The normalized spacial score (nSPS) is 13.8. The van der Waals surface area contributed by atoms with E-state index in [2.05, 4.69) is 27.2 Å². The summed E-state index contributed by atoms with van der Waals surface area (Å²) in [7, 11) is 0. The molecular weight excluding hydrogens is 520 g/mol. The van der Waals surface area contributed by atoms with Crippen molar-refractivity contribution < 1.29 is 19.2 Å². The molecule has 4 rings (SSSR count). The van der Waals surface area contributed by atoms with Gasteiger partial charge in [0.2, 0.25) is 5.91 Å². The molecule has 39 heavy (non-hydrogen) atoms. The minimum absolute atomic E-state index is 0.0193. The van der Waals surface area contributed by atoms with Crippen LogP contribution in [0, 0.1) is 10.1 Å². The lowest BCUT2D eigenvalue weighted by Gasteiger charge is -2.37. The Morgan fingerprint density at radius 2 is 1.79 bits per heavy atom. The minimum Gasteiger partial charge on any atom is -0.462 e. The Morgan fingerprint density at radius 1 is 1.05 bits per heavy atom. The van der Waals surface area contributed by atoms with Gasteiger partial charge in [-0.25, -0.2) is 4.79 Å². The number of halogens is 1. The topological polar surface area (TPSA) is 105 Å². The van der Waals surface area contributed by atoms with Crippen LogP contribution in [0.5, 0.6) is 0 Å². The van der Waals surface area contributed by atoms with Gasteiger partial charge in [-0.05, 0) is 48.4 Å². The molecule has 0 bridgehead atoms. The molecule has 1 aliphatic heterocycles. The predicted octanol–water partition coefficient (Wildman–Crippen LogP) is 5.40. The van der Waals surface area contributed by atoms with Gasteiger partial charge in [0.15, 0.2) is 0 Å². The third-order valence-corrected chi connectivity index (χ3v) is 6.64. The van der Waals surface area contributed by atoms with Gasteiger partial charge in [-0.1, -0.05) is 48.0 Å². The number of benzene rings is 3. The van der Waals surface area contributed by atoms with Crippen molar-refractivity contribution in [1.29, 1.82) is 0 Å². The fraction of sp³-hybridized carbons (Fsp3) is 0.241. The lowest BCUT2D eigenvalue weighted by Crippen LogP contribution is -2.46. The highest BCUT2D eigenvalue weighted by atomic mass is 35.5. The van der Waals surface area contributed by atoms with Crippen LogP contribution in [0.3, 0.4) is 0 Å². The summed E-state index contributed by atoms with van der Waals surface area (Å²) in [5.74, 6) is -0.922. The van der Waals surface area contributed by atoms with Gasteiger partial charge in [-0.3, -0.25) is 19.8 Å². The molecule has 1 N–H and O–H groups in total. The maximum absolute atomic E-state index is 12.9. The summed E-state index contributed by atoms with van der Waals surface area (Å²) in [5.41, 5.74) is 3.08. The largest absolute Gasteiger partial charge is 0.462 e. The number of carbonyl (C=O) groups excluding carboxylic acids is 2. The lowest BCUT2D eigenvalue weighted by atomic mass is 10.1. The molecule has 0 unspecified atom stereocenters. The van der Waals surface area contributed by atoms with Gasteiger partial charge in [-0.2, -0.15) is 0 Å². The van der Waals surface area contributed by atoms with E-state index in [1.54, 1.807) is 25.1 Å². The molecule has 0 radical (unpaired) electrons. The van der Waals surface area contributed by atoms with Gasteiger partial charge in [0.05, 0.1) is 28.5 Å². The first-order chi connectivity index (χ1) is 18.8. The summed E-state index contributed by atoms with van der Waals surface area (Å²) in [4.78, 5) is 40.4. The standard InChI is InChI=1S/C29H29ClN4O5/c1-2-39-29(36)23-10-12-26(33-16-14-32(15-17-33)20-22-6-4-3-5-7-22)25(19-23)31-28(35)13-9-21-8-11-24(30)27(18-21)34(37)38/h3-13,18-19H,2,14-17,20H2,1H3,(H,31,35). The fourth-order valence-corrected chi connectivity index (χ4v) is 4.55. The molecule has 3 aromatic carbocycles. The molecule has 0 aliphatic carbocycles. The van der Waals surface area contributed by atoms with Crippen molar-refractivity contribution in [2.75, 3.05) is 43.0 Å². The molecule has 0 aromatic heterocycles. The molecular formula is C29H29ClN4O5. The number of hydrogen-bond acceptors (Lipinski definition) is 7. The first-order valence-corrected chi connectivity index (χ1v) is 13.0. The Morgan fingerprint density at radius 3 is 2.49 bits per heavy atom. The Kier molecular flexibility index (Phi) is 9.30. The third-order valence-electron chi connectivity index (χ3n) is 6.32. The number of nitrogens with one attached hydrogen (secondary N) is 1. The number of ether oxygens (including phenoxy) is 1. The molecule has 0 atom stereocenters. The van der Waals surface area contributed by atoms with Crippen LogP contribution >= 0.6 is 11.6 Å². The highest BCUT2D eigenvalue weighted by Crippen LogP contribution is 2.30. The number of hydrogen-bond donors (Lipinski definition) is 1. The van der Waals surface area contributed by atoms with E-state index in [0.717, 1.165) is 38.4 Å². The van der Waals surface area contributed by atoms with Crippen molar-refractivity contribution in [1.82, 2.24) is 4.90 Å². The molecule has 1 heterocycles. The average Bonchev–Trinajstić information content (AvgIpc) is 2.93. The highest BCUT2D eigenvalue weighted by Gasteiger charge is 2.21. The summed E-state index contributed by atoms with van der Waals surface area (Å²) in [6.07, 6.45) is 2.75. The molecule has 0 spiro atoms. The van der Waals surface area contributed by atoms with Crippen LogP contribution in [0.2, 0.25) is 5.02 Å². The van der Waals surface area contributed by atoms with E-state index < -0.39 is 16.8 Å². The van der Waals surface area contributed by atoms with Crippen molar-refractivity contribution >= 4 is 46.6 Å². The summed E-state index contributed by atoms with van der Waals surface area (Å²) in [5, 5.41) is 14.0. The first-order valence-electron chi connectivity index (χ1n) is 12.6. The number of amides is 1. The number of piperazine rings is 1. The Bertz CT molecular complexity index is 1370. The van der Waals surface area contributed by atoms with E-state index in [1.807, 2.05) is 24.3 Å². The van der Waals surface area contributed by atoms with E-state index in [1.165, 1.54) is 29.8 Å². The van der Waals surface area contributed by atoms with Crippen molar-refractivity contribution in [3.05, 3.63) is 105 Å². The highest BCUT2D eigenvalue weighted by molar-refractivity contribution is 6.32. The smallest absolute Gasteiger partial charge is 0.338 e. The van der Waals surface area contributed by atoms with Crippen LogP contribution in [0.25, 0.3) is 6.08 Å². The van der Waals surface area contributed by atoms with Gasteiger partial charge in [0.1, 0.15) is 5.02 Å². The Labute approximate surface area is 231 Å². The van der Waals surface area contributed by atoms with Gasteiger partial charge < -0.3 is 15.0 Å². The van der Waals surface area contributed by atoms with Crippen molar-refractivity contribution in [2.45, 2.75) is 13.5 Å². The van der Waals surface area contributed by atoms with Gasteiger partial charge in [0, 0.05) is 44.9 Å². The molecule has 1 saturated heterocycles.